The lowest BCUT2D eigenvalue weighted by Crippen LogP contribution is -1.97. The number of H-pyrrole nitrogens is 1. The van der Waals surface area contributed by atoms with Gasteiger partial charge in [-0.25, -0.2) is 0 Å². The quantitative estimate of drug-likeness (QED) is 0.781. The van der Waals surface area contributed by atoms with Crippen LogP contribution in [0.25, 0.3) is 5.69 Å². The first kappa shape index (κ1) is 11.6. The highest BCUT2D eigenvalue weighted by molar-refractivity contribution is 9.10. The summed E-state index contributed by atoms with van der Waals surface area (Å²) in [5.74, 6) is 0. The van der Waals surface area contributed by atoms with Crippen molar-refractivity contribution in [1.29, 1.82) is 0 Å². The second-order valence-corrected chi connectivity index (χ2v) is 5.27. The van der Waals surface area contributed by atoms with Gasteiger partial charge in [-0.05, 0) is 66.1 Å². The molecule has 4 heteroatoms. The molecule has 0 saturated carbocycles. The average molecular weight is 297 g/mol. The van der Waals surface area contributed by atoms with Crippen LogP contribution in [0.3, 0.4) is 0 Å². The predicted molar refractivity (Wildman–Crippen MR) is 72.9 cm³/mol. The van der Waals surface area contributed by atoms with E-state index in [1.54, 1.807) is 0 Å². The molecule has 16 heavy (non-hydrogen) atoms. The zero-order chi connectivity index (χ0) is 11.9. The van der Waals surface area contributed by atoms with Gasteiger partial charge in [0.1, 0.15) is 0 Å². The lowest BCUT2D eigenvalue weighted by Gasteiger charge is -2.10. The van der Waals surface area contributed by atoms with E-state index in [0.717, 1.165) is 20.6 Å². The topological polar surface area (TPSA) is 20.7 Å². The Balaban J connectivity index is 2.74. The second-order valence-electron chi connectivity index (χ2n) is 4.02. The number of halogens is 1. The van der Waals surface area contributed by atoms with Gasteiger partial charge in [-0.1, -0.05) is 6.07 Å². The first-order chi connectivity index (χ1) is 7.49. The molecule has 0 aliphatic heterocycles. The summed E-state index contributed by atoms with van der Waals surface area (Å²) >= 11 is 8.89. The van der Waals surface area contributed by atoms with Gasteiger partial charge in [-0.15, -0.1) is 0 Å². The van der Waals surface area contributed by atoms with E-state index < -0.39 is 0 Å². The number of nitrogens with one attached hydrogen (secondary N) is 1. The van der Waals surface area contributed by atoms with Crippen molar-refractivity contribution >= 4 is 28.1 Å². The molecule has 1 heterocycles. The van der Waals surface area contributed by atoms with Crippen molar-refractivity contribution in [1.82, 2.24) is 9.55 Å². The van der Waals surface area contributed by atoms with Gasteiger partial charge in [-0.3, -0.25) is 4.57 Å². The lowest BCUT2D eigenvalue weighted by atomic mass is 10.1. The van der Waals surface area contributed by atoms with Crippen molar-refractivity contribution in [2.75, 3.05) is 0 Å². The lowest BCUT2D eigenvalue weighted by molar-refractivity contribution is 1.01. The van der Waals surface area contributed by atoms with Crippen molar-refractivity contribution in [3.8, 4) is 5.69 Å². The van der Waals surface area contributed by atoms with Crippen LogP contribution in [-0.2, 0) is 0 Å². The smallest absolute Gasteiger partial charge is 0.182 e. The molecular formula is C12H13BrN2S. The molecule has 1 aromatic carbocycles. The molecule has 0 amide bonds. The molecule has 2 aromatic rings. The number of hydrogen-bond acceptors (Lipinski definition) is 1. The van der Waals surface area contributed by atoms with E-state index >= 15 is 0 Å². The summed E-state index contributed by atoms with van der Waals surface area (Å²) in [6.45, 7) is 6.18. The number of aryl methyl sites for hydroxylation is 3. The molecule has 2 rings (SSSR count). The van der Waals surface area contributed by atoms with E-state index in [9.17, 15) is 0 Å². The molecule has 0 bridgehead atoms. The highest BCUT2D eigenvalue weighted by Crippen LogP contribution is 2.26. The van der Waals surface area contributed by atoms with Crippen LogP contribution in [0, 0.1) is 25.5 Å². The van der Waals surface area contributed by atoms with Crippen molar-refractivity contribution in [3.63, 3.8) is 0 Å². The molecular weight excluding hydrogens is 284 g/mol. The van der Waals surface area contributed by atoms with Crippen LogP contribution in [0.2, 0.25) is 0 Å². The molecule has 1 N–H and O–H groups in total. The third-order valence-electron chi connectivity index (χ3n) is 2.48. The highest BCUT2D eigenvalue weighted by atomic mass is 79.9. The van der Waals surface area contributed by atoms with Gasteiger partial charge in [-0.2, -0.15) is 0 Å². The number of benzene rings is 1. The number of nitrogens with zero attached hydrogens (tertiary/aromatic N) is 1. The summed E-state index contributed by atoms with van der Waals surface area (Å²) < 4.78 is 3.80. The molecule has 0 atom stereocenters. The summed E-state index contributed by atoms with van der Waals surface area (Å²) in [4.78, 5) is 3.13. The molecule has 0 saturated heterocycles. The summed E-state index contributed by atoms with van der Waals surface area (Å²) in [7, 11) is 0. The number of aromatic nitrogens is 2. The Kier molecular flexibility index (Phi) is 3.04. The average Bonchev–Trinajstić information content (AvgIpc) is 2.43. The van der Waals surface area contributed by atoms with Crippen LogP contribution in [0.15, 0.2) is 22.8 Å². The Hall–Kier alpha value is -0.870. The van der Waals surface area contributed by atoms with E-state index in [1.165, 1.54) is 11.1 Å². The fourth-order valence-corrected chi connectivity index (χ4v) is 3.06. The molecule has 1 aromatic heterocycles. The molecule has 0 spiro atoms. The predicted octanol–water partition coefficient (Wildman–Crippen LogP) is 4.22. The van der Waals surface area contributed by atoms with Crippen LogP contribution >= 0.6 is 28.1 Å². The van der Waals surface area contributed by atoms with E-state index in [2.05, 4.69) is 46.9 Å². The number of hydrogen-bond donors (Lipinski definition) is 1. The molecule has 0 unspecified atom stereocenters. The Morgan fingerprint density at radius 1 is 1.25 bits per heavy atom. The highest BCUT2D eigenvalue weighted by Gasteiger charge is 2.08. The fraction of sp³-hybridized carbons (Fsp3) is 0.250. The largest absolute Gasteiger partial charge is 0.335 e. The van der Waals surface area contributed by atoms with Crippen molar-refractivity contribution in [2.45, 2.75) is 20.8 Å². The third kappa shape index (κ3) is 1.99. The zero-order valence-corrected chi connectivity index (χ0v) is 11.9. The van der Waals surface area contributed by atoms with Gasteiger partial charge < -0.3 is 4.98 Å². The molecule has 0 fully saturated rings. The molecule has 84 valence electrons. The van der Waals surface area contributed by atoms with E-state index in [4.69, 9.17) is 12.2 Å². The standard InChI is InChI=1S/C12H13BrN2S/c1-7-4-8(2)11(10(13)5-7)15-6-9(3)14-12(15)16/h4-6H,1-3H3,(H,14,16). The first-order valence-electron chi connectivity index (χ1n) is 5.04. The van der Waals surface area contributed by atoms with Gasteiger partial charge in [0, 0.05) is 16.4 Å². The maximum atomic E-state index is 5.29. The van der Waals surface area contributed by atoms with E-state index in [-0.39, 0.29) is 0 Å². The third-order valence-corrected chi connectivity index (χ3v) is 3.39. The zero-order valence-electron chi connectivity index (χ0n) is 9.47. The van der Waals surface area contributed by atoms with E-state index in [1.807, 2.05) is 17.7 Å². The van der Waals surface area contributed by atoms with Gasteiger partial charge in [0.15, 0.2) is 4.77 Å². The minimum atomic E-state index is 0.727. The van der Waals surface area contributed by atoms with Crippen molar-refractivity contribution < 1.29 is 0 Å². The molecule has 0 aliphatic carbocycles. The fourth-order valence-electron chi connectivity index (χ4n) is 1.89. The van der Waals surface area contributed by atoms with Gasteiger partial charge in [0.25, 0.3) is 0 Å². The van der Waals surface area contributed by atoms with Crippen molar-refractivity contribution in [3.05, 3.63) is 44.4 Å². The summed E-state index contributed by atoms with van der Waals surface area (Å²) in [5.41, 5.74) is 4.63. The summed E-state index contributed by atoms with van der Waals surface area (Å²) in [5, 5.41) is 0. The Bertz CT molecular complexity index is 572. The van der Waals surface area contributed by atoms with Gasteiger partial charge in [0.2, 0.25) is 0 Å². The minimum absolute atomic E-state index is 0.727. The maximum Gasteiger partial charge on any atom is 0.182 e. The van der Waals surface area contributed by atoms with Gasteiger partial charge in [0.05, 0.1) is 5.69 Å². The van der Waals surface area contributed by atoms with Crippen LogP contribution < -0.4 is 0 Å². The summed E-state index contributed by atoms with van der Waals surface area (Å²) in [6, 6.07) is 4.26. The number of rotatable bonds is 1. The SMILES string of the molecule is Cc1cc(C)c(-n2cc(C)[nH]c2=S)c(Br)c1. The maximum absolute atomic E-state index is 5.29. The Labute approximate surface area is 108 Å². The number of aromatic amines is 1. The Morgan fingerprint density at radius 3 is 2.44 bits per heavy atom. The molecule has 0 aliphatic rings. The van der Waals surface area contributed by atoms with Crippen LogP contribution in [-0.4, -0.2) is 9.55 Å². The Morgan fingerprint density at radius 2 is 1.94 bits per heavy atom. The molecule has 0 radical (unpaired) electrons. The summed E-state index contributed by atoms with van der Waals surface area (Å²) in [6.07, 6.45) is 2.02. The first-order valence-corrected chi connectivity index (χ1v) is 6.24. The van der Waals surface area contributed by atoms with Gasteiger partial charge >= 0.3 is 0 Å². The van der Waals surface area contributed by atoms with Crippen LogP contribution in [0.5, 0.6) is 0 Å². The van der Waals surface area contributed by atoms with Crippen LogP contribution in [0.1, 0.15) is 16.8 Å². The molecule has 2 nitrogen and oxygen atoms in total. The minimum Gasteiger partial charge on any atom is -0.335 e. The monoisotopic (exact) mass is 296 g/mol. The normalized spacial score (nSPS) is 10.8. The van der Waals surface area contributed by atoms with Crippen LogP contribution in [0.4, 0.5) is 0 Å². The van der Waals surface area contributed by atoms with E-state index in [0.29, 0.717) is 0 Å². The second kappa shape index (κ2) is 4.18. The van der Waals surface area contributed by atoms with Crippen molar-refractivity contribution in [2.24, 2.45) is 0 Å². The number of imidazole rings is 1.